The number of nitrogens with two attached hydrogens (primary N) is 1. The van der Waals surface area contributed by atoms with Gasteiger partial charge in [-0.3, -0.25) is 19.2 Å². The van der Waals surface area contributed by atoms with Crippen molar-refractivity contribution in [1.29, 1.82) is 0 Å². The molecule has 9 N–H and O–H groups in total. The van der Waals surface area contributed by atoms with E-state index in [1.165, 1.54) is 12.5 Å². The minimum atomic E-state index is -1.68. The Morgan fingerprint density at radius 1 is 1.00 bits per heavy atom. The molecule has 3 amide bonds. The second kappa shape index (κ2) is 13.1. The summed E-state index contributed by atoms with van der Waals surface area (Å²) in [5, 5.41) is 33.8. The number of nitrogens with one attached hydrogen (secondary N) is 4. The summed E-state index contributed by atoms with van der Waals surface area (Å²) in [7, 11) is 0. The fourth-order valence-electron chi connectivity index (χ4n) is 2.82. The minimum Gasteiger partial charge on any atom is -0.481 e. The summed E-state index contributed by atoms with van der Waals surface area (Å²) in [6.07, 6.45) is 2.36. The van der Waals surface area contributed by atoms with Crippen LogP contribution in [0.25, 0.3) is 0 Å². The number of carbonyl (C=O) groups is 5. The van der Waals surface area contributed by atoms with Gasteiger partial charge in [0, 0.05) is 18.3 Å². The zero-order valence-electron chi connectivity index (χ0n) is 18.3. The van der Waals surface area contributed by atoms with Gasteiger partial charge in [0.05, 0.1) is 25.4 Å². The van der Waals surface area contributed by atoms with Gasteiger partial charge >= 0.3 is 11.9 Å². The van der Waals surface area contributed by atoms with Gasteiger partial charge in [-0.2, -0.15) is 0 Å². The predicted octanol–water partition coefficient (Wildman–Crippen LogP) is -2.67. The summed E-state index contributed by atoms with van der Waals surface area (Å²) < 4.78 is 0. The van der Waals surface area contributed by atoms with Gasteiger partial charge < -0.3 is 42.0 Å². The Kier molecular flexibility index (Phi) is 10.9. The quantitative estimate of drug-likeness (QED) is 0.140. The molecule has 14 heteroatoms. The topological polar surface area (TPSA) is 237 Å². The van der Waals surface area contributed by atoms with Crippen LogP contribution in [0.5, 0.6) is 0 Å². The molecular weight excluding hydrogens is 440 g/mol. The summed E-state index contributed by atoms with van der Waals surface area (Å²) in [5.41, 5.74) is 6.50. The standard InChI is InChI=1S/C19H30N6O8/c1-9(2)3-12(23-16(29)11(20)4-10-6-21-8-22-10)17(30)24-13(5-15(27)28)18(31)25-14(7-26)19(32)33/h6,8-9,11-14,26H,3-5,7,20H2,1-2H3,(H,21,22)(H,23,29)(H,24,30)(H,25,31)(H,27,28)(H,32,33). The molecule has 33 heavy (non-hydrogen) atoms. The van der Waals surface area contributed by atoms with E-state index in [4.69, 9.17) is 21.1 Å². The van der Waals surface area contributed by atoms with E-state index >= 15 is 0 Å². The Morgan fingerprint density at radius 2 is 1.58 bits per heavy atom. The summed E-state index contributed by atoms with van der Waals surface area (Å²) in [5.74, 6) is -5.64. The van der Waals surface area contributed by atoms with E-state index in [1.807, 2.05) is 5.32 Å². The normalized spacial score (nSPS) is 14.6. The minimum absolute atomic E-state index is 0.0672. The lowest BCUT2D eigenvalue weighted by molar-refractivity contribution is -0.144. The van der Waals surface area contributed by atoms with Crippen LogP contribution in [-0.2, 0) is 30.4 Å². The molecule has 4 unspecified atom stereocenters. The van der Waals surface area contributed by atoms with Crippen LogP contribution in [0.4, 0.5) is 0 Å². The number of aliphatic hydroxyl groups excluding tert-OH is 1. The number of aromatic amines is 1. The van der Waals surface area contributed by atoms with Gasteiger partial charge in [0.2, 0.25) is 17.7 Å². The lowest BCUT2D eigenvalue weighted by Gasteiger charge is -2.25. The second-order valence-electron chi connectivity index (χ2n) is 7.82. The van der Waals surface area contributed by atoms with Crippen LogP contribution in [0.1, 0.15) is 32.4 Å². The number of rotatable bonds is 14. The van der Waals surface area contributed by atoms with E-state index in [2.05, 4.69) is 20.6 Å². The molecule has 0 aliphatic carbocycles. The van der Waals surface area contributed by atoms with E-state index < -0.39 is 66.9 Å². The molecule has 184 valence electrons. The predicted molar refractivity (Wildman–Crippen MR) is 112 cm³/mol. The van der Waals surface area contributed by atoms with Crippen LogP contribution < -0.4 is 21.7 Å². The van der Waals surface area contributed by atoms with E-state index in [0.717, 1.165) is 0 Å². The van der Waals surface area contributed by atoms with Crippen molar-refractivity contribution in [3.63, 3.8) is 0 Å². The third kappa shape index (κ3) is 9.65. The number of hydrogen-bond donors (Lipinski definition) is 8. The monoisotopic (exact) mass is 470 g/mol. The molecule has 0 aliphatic rings. The van der Waals surface area contributed by atoms with Gasteiger partial charge in [0.15, 0.2) is 0 Å². The number of imidazole rings is 1. The first kappa shape index (κ1) is 27.5. The number of aliphatic hydroxyl groups is 1. The summed E-state index contributed by atoms with van der Waals surface area (Å²) in [4.78, 5) is 66.5. The van der Waals surface area contributed by atoms with Crippen molar-refractivity contribution < 1.29 is 39.3 Å². The van der Waals surface area contributed by atoms with Crippen molar-refractivity contribution in [2.75, 3.05) is 6.61 Å². The van der Waals surface area contributed by atoms with Crippen molar-refractivity contribution in [3.8, 4) is 0 Å². The molecule has 0 saturated carbocycles. The largest absolute Gasteiger partial charge is 0.481 e. The second-order valence-corrected chi connectivity index (χ2v) is 7.82. The Balaban J connectivity index is 2.92. The maximum Gasteiger partial charge on any atom is 0.328 e. The highest BCUT2D eigenvalue weighted by Gasteiger charge is 2.31. The van der Waals surface area contributed by atoms with E-state index in [9.17, 15) is 24.0 Å². The molecule has 4 atom stereocenters. The SMILES string of the molecule is CC(C)CC(NC(=O)C(N)Cc1cnc[nH]1)C(=O)NC(CC(=O)O)C(=O)NC(CO)C(=O)O. The molecule has 1 rings (SSSR count). The van der Waals surface area contributed by atoms with Crippen LogP contribution in [0.2, 0.25) is 0 Å². The van der Waals surface area contributed by atoms with E-state index in [1.54, 1.807) is 13.8 Å². The molecule has 14 nitrogen and oxygen atoms in total. The van der Waals surface area contributed by atoms with Crippen LogP contribution >= 0.6 is 0 Å². The molecule has 0 aliphatic heterocycles. The van der Waals surface area contributed by atoms with E-state index in [-0.39, 0.29) is 18.8 Å². The fourth-order valence-corrected chi connectivity index (χ4v) is 2.82. The number of hydrogen-bond acceptors (Lipinski definition) is 8. The highest BCUT2D eigenvalue weighted by Crippen LogP contribution is 2.07. The van der Waals surface area contributed by atoms with E-state index in [0.29, 0.717) is 5.69 Å². The lowest BCUT2D eigenvalue weighted by atomic mass is 10.0. The molecule has 1 heterocycles. The first-order valence-electron chi connectivity index (χ1n) is 10.1. The molecule has 0 radical (unpaired) electrons. The van der Waals surface area contributed by atoms with Gasteiger partial charge in [0.25, 0.3) is 0 Å². The van der Waals surface area contributed by atoms with Gasteiger partial charge in [-0.25, -0.2) is 9.78 Å². The van der Waals surface area contributed by atoms with Crippen LogP contribution in [0.3, 0.4) is 0 Å². The molecule has 0 fully saturated rings. The average molecular weight is 470 g/mol. The van der Waals surface area contributed by atoms with Crippen molar-refractivity contribution in [1.82, 2.24) is 25.9 Å². The molecule has 0 aromatic carbocycles. The number of carboxylic acids is 2. The molecule has 1 aromatic rings. The van der Waals surface area contributed by atoms with Gasteiger partial charge in [-0.1, -0.05) is 13.8 Å². The average Bonchev–Trinajstić information content (AvgIpc) is 3.22. The van der Waals surface area contributed by atoms with Crippen LogP contribution in [0, 0.1) is 5.92 Å². The van der Waals surface area contributed by atoms with Gasteiger partial charge in [-0.15, -0.1) is 0 Å². The van der Waals surface area contributed by atoms with Gasteiger partial charge in [0.1, 0.15) is 18.1 Å². The summed E-state index contributed by atoms with van der Waals surface area (Å²) >= 11 is 0. The molecule has 1 aromatic heterocycles. The lowest BCUT2D eigenvalue weighted by Crippen LogP contribution is -2.58. The first-order chi connectivity index (χ1) is 15.4. The van der Waals surface area contributed by atoms with Crippen LogP contribution in [-0.4, -0.2) is 85.7 Å². The highest BCUT2D eigenvalue weighted by atomic mass is 16.4. The number of carbonyl (C=O) groups excluding carboxylic acids is 3. The molecule has 0 spiro atoms. The van der Waals surface area contributed by atoms with Crippen molar-refractivity contribution in [2.24, 2.45) is 11.7 Å². The maximum atomic E-state index is 12.8. The molecular formula is C19H30N6O8. The summed E-state index contributed by atoms with van der Waals surface area (Å²) in [6.45, 7) is 2.64. The maximum absolute atomic E-state index is 12.8. The zero-order valence-corrected chi connectivity index (χ0v) is 18.3. The first-order valence-corrected chi connectivity index (χ1v) is 10.1. The number of aromatic nitrogens is 2. The number of nitrogens with zero attached hydrogens (tertiary/aromatic N) is 1. The van der Waals surface area contributed by atoms with Crippen LogP contribution in [0.15, 0.2) is 12.5 Å². The third-order valence-corrected chi connectivity index (χ3v) is 4.48. The highest BCUT2D eigenvalue weighted by molar-refractivity contribution is 5.95. The van der Waals surface area contributed by atoms with Gasteiger partial charge in [-0.05, 0) is 12.3 Å². The number of amides is 3. The smallest absolute Gasteiger partial charge is 0.328 e. The zero-order chi connectivity index (χ0) is 25.1. The Labute approximate surface area is 189 Å². The third-order valence-electron chi connectivity index (χ3n) is 4.48. The number of H-pyrrole nitrogens is 1. The number of carboxylic acid groups (broad SMARTS) is 2. The number of aliphatic carboxylic acids is 2. The van der Waals surface area contributed by atoms with Crippen molar-refractivity contribution in [3.05, 3.63) is 18.2 Å². The fraction of sp³-hybridized carbons (Fsp3) is 0.579. The molecule has 0 bridgehead atoms. The van der Waals surface area contributed by atoms with Crippen molar-refractivity contribution >= 4 is 29.7 Å². The summed E-state index contributed by atoms with van der Waals surface area (Å²) in [6, 6.07) is -5.47. The Morgan fingerprint density at radius 3 is 2.06 bits per heavy atom. The molecule has 0 saturated heterocycles. The Hall–Kier alpha value is -3.52. The van der Waals surface area contributed by atoms with Crippen molar-refractivity contribution in [2.45, 2.75) is 57.3 Å². The Bertz CT molecular complexity index is 828.